The lowest BCUT2D eigenvalue weighted by Gasteiger charge is -2.22. The Morgan fingerprint density at radius 1 is 1.22 bits per heavy atom. The van der Waals surface area contributed by atoms with Crippen LogP contribution in [0.1, 0.15) is 25.7 Å². The van der Waals surface area contributed by atoms with E-state index in [0.29, 0.717) is 0 Å². The molecular weight excluding hydrogens is 227 g/mol. The van der Waals surface area contributed by atoms with Crippen LogP contribution in [0, 0.1) is 11.7 Å². The van der Waals surface area contributed by atoms with Gasteiger partial charge in [0.25, 0.3) is 0 Å². The second-order valence-electron chi connectivity index (χ2n) is 5.61. The van der Waals surface area contributed by atoms with E-state index in [9.17, 15) is 4.39 Å². The summed E-state index contributed by atoms with van der Waals surface area (Å²) in [4.78, 5) is 2.62. The van der Waals surface area contributed by atoms with Gasteiger partial charge < -0.3 is 5.32 Å². The zero-order chi connectivity index (χ0) is 12.4. The molecule has 3 rings (SSSR count). The summed E-state index contributed by atoms with van der Waals surface area (Å²) in [6.07, 6.45) is 5.57. The molecule has 0 atom stereocenters. The van der Waals surface area contributed by atoms with Crippen LogP contribution in [0.3, 0.4) is 0 Å². The van der Waals surface area contributed by atoms with Gasteiger partial charge in [-0.15, -0.1) is 0 Å². The molecule has 2 aliphatic rings. The molecular formula is C15H21FN2. The highest BCUT2D eigenvalue weighted by atomic mass is 19.1. The van der Waals surface area contributed by atoms with Gasteiger partial charge in [-0.2, -0.15) is 0 Å². The number of hydrogen-bond acceptors (Lipinski definition) is 2. The van der Waals surface area contributed by atoms with Gasteiger partial charge in [-0.25, -0.2) is 4.39 Å². The van der Waals surface area contributed by atoms with Crippen LogP contribution >= 0.6 is 0 Å². The second kappa shape index (κ2) is 5.27. The molecule has 2 fully saturated rings. The van der Waals surface area contributed by atoms with E-state index in [2.05, 4.69) is 10.2 Å². The first-order valence-corrected chi connectivity index (χ1v) is 7.05. The van der Waals surface area contributed by atoms with Crippen molar-refractivity contribution < 1.29 is 4.39 Å². The fourth-order valence-electron chi connectivity index (χ4n) is 2.44. The summed E-state index contributed by atoms with van der Waals surface area (Å²) in [7, 11) is 0. The van der Waals surface area contributed by atoms with Crippen molar-refractivity contribution in [2.45, 2.75) is 31.7 Å². The van der Waals surface area contributed by atoms with E-state index in [1.807, 2.05) is 6.07 Å². The van der Waals surface area contributed by atoms with E-state index in [1.54, 1.807) is 12.1 Å². The highest BCUT2D eigenvalue weighted by molar-refractivity contribution is 5.42. The van der Waals surface area contributed by atoms with E-state index >= 15 is 0 Å². The first kappa shape index (κ1) is 12.0. The van der Waals surface area contributed by atoms with Crippen molar-refractivity contribution >= 4 is 5.69 Å². The molecule has 0 unspecified atom stereocenters. The molecule has 2 aliphatic carbocycles. The maximum atomic E-state index is 13.0. The average molecular weight is 248 g/mol. The van der Waals surface area contributed by atoms with Crippen LogP contribution in [0.25, 0.3) is 0 Å². The van der Waals surface area contributed by atoms with Crippen LogP contribution in [-0.4, -0.2) is 30.6 Å². The quantitative estimate of drug-likeness (QED) is 0.797. The van der Waals surface area contributed by atoms with Crippen LogP contribution < -0.4 is 5.32 Å². The SMILES string of the molecule is Fc1cccc(NCCN(CC2CC2)C2CC2)c1. The van der Waals surface area contributed by atoms with Crippen molar-refractivity contribution in [3.63, 3.8) is 0 Å². The van der Waals surface area contributed by atoms with Crippen LogP contribution in [0.2, 0.25) is 0 Å². The summed E-state index contributed by atoms with van der Waals surface area (Å²) in [5.74, 6) is 0.789. The molecule has 0 amide bonds. The van der Waals surface area contributed by atoms with Gasteiger partial charge in [0.05, 0.1) is 0 Å². The maximum Gasteiger partial charge on any atom is 0.125 e. The fraction of sp³-hybridized carbons (Fsp3) is 0.600. The van der Waals surface area contributed by atoms with Crippen LogP contribution in [0.15, 0.2) is 24.3 Å². The van der Waals surface area contributed by atoms with E-state index in [0.717, 1.165) is 30.7 Å². The zero-order valence-electron chi connectivity index (χ0n) is 10.7. The van der Waals surface area contributed by atoms with Crippen molar-refractivity contribution in [3.8, 4) is 0 Å². The Kier molecular flexibility index (Phi) is 3.50. The van der Waals surface area contributed by atoms with Crippen LogP contribution in [0.4, 0.5) is 10.1 Å². The Hall–Kier alpha value is -1.09. The molecule has 1 aromatic carbocycles. The van der Waals surface area contributed by atoms with Crippen molar-refractivity contribution in [1.29, 1.82) is 0 Å². The molecule has 1 aromatic rings. The summed E-state index contributed by atoms with van der Waals surface area (Å²) < 4.78 is 13.0. The van der Waals surface area contributed by atoms with Crippen molar-refractivity contribution in [2.24, 2.45) is 5.92 Å². The number of anilines is 1. The standard InChI is InChI=1S/C15H21FN2/c16-13-2-1-3-14(10-13)17-8-9-18(15-6-7-15)11-12-4-5-12/h1-3,10,12,15,17H,4-9,11H2. The zero-order valence-corrected chi connectivity index (χ0v) is 10.7. The third-order valence-electron chi connectivity index (χ3n) is 3.81. The lowest BCUT2D eigenvalue weighted by molar-refractivity contribution is 0.262. The van der Waals surface area contributed by atoms with Gasteiger partial charge in [-0.3, -0.25) is 4.90 Å². The second-order valence-corrected chi connectivity index (χ2v) is 5.61. The van der Waals surface area contributed by atoms with Gasteiger partial charge >= 0.3 is 0 Å². The smallest absolute Gasteiger partial charge is 0.125 e. The largest absolute Gasteiger partial charge is 0.384 e. The molecule has 2 saturated carbocycles. The molecule has 0 saturated heterocycles. The maximum absolute atomic E-state index is 13.0. The molecule has 0 heterocycles. The molecule has 0 spiro atoms. The van der Waals surface area contributed by atoms with E-state index in [4.69, 9.17) is 0 Å². The lowest BCUT2D eigenvalue weighted by Crippen LogP contribution is -2.33. The third-order valence-corrected chi connectivity index (χ3v) is 3.81. The molecule has 2 nitrogen and oxygen atoms in total. The van der Waals surface area contributed by atoms with Gasteiger partial charge in [0.1, 0.15) is 5.82 Å². The van der Waals surface area contributed by atoms with Crippen molar-refractivity contribution in [2.75, 3.05) is 25.0 Å². The van der Waals surface area contributed by atoms with E-state index in [-0.39, 0.29) is 5.82 Å². The van der Waals surface area contributed by atoms with Gasteiger partial charge in [-0.1, -0.05) is 6.07 Å². The first-order valence-electron chi connectivity index (χ1n) is 7.05. The summed E-state index contributed by atoms with van der Waals surface area (Å²) in [6.45, 7) is 3.26. The third kappa shape index (κ3) is 3.45. The number of benzene rings is 1. The molecule has 98 valence electrons. The summed E-state index contributed by atoms with van der Waals surface area (Å²) in [5.41, 5.74) is 0.886. The monoisotopic (exact) mass is 248 g/mol. The average Bonchev–Trinajstić information content (AvgIpc) is 3.22. The van der Waals surface area contributed by atoms with Crippen molar-refractivity contribution in [1.82, 2.24) is 4.90 Å². The Balaban J connectivity index is 1.44. The van der Waals surface area contributed by atoms with E-state index < -0.39 is 0 Å². The van der Waals surface area contributed by atoms with Crippen LogP contribution in [0.5, 0.6) is 0 Å². The highest BCUT2D eigenvalue weighted by Gasteiger charge is 2.33. The predicted octanol–water partition coefficient (Wildman–Crippen LogP) is 3.11. The predicted molar refractivity (Wildman–Crippen MR) is 72.2 cm³/mol. The molecule has 0 aliphatic heterocycles. The van der Waals surface area contributed by atoms with Gasteiger partial charge in [0.15, 0.2) is 0 Å². The number of nitrogens with zero attached hydrogens (tertiary/aromatic N) is 1. The van der Waals surface area contributed by atoms with E-state index in [1.165, 1.54) is 38.3 Å². The molecule has 0 bridgehead atoms. The highest BCUT2D eigenvalue weighted by Crippen LogP contribution is 2.34. The molecule has 0 radical (unpaired) electrons. The molecule has 18 heavy (non-hydrogen) atoms. The first-order chi connectivity index (χ1) is 8.81. The van der Waals surface area contributed by atoms with Crippen LogP contribution in [-0.2, 0) is 0 Å². The molecule has 0 aromatic heterocycles. The number of nitrogens with one attached hydrogen (secondary N) is 1. The van der Waals surface area contributed by atoms with Gasteiger partial charge in [0, 0.05) is 31.4 Å². The van der Waals surface area contributed by atoms with Crippen molar-refractivity contribution in [3.05, 3.63) is 30.1 Å². The summed E-state index contributed by atoms with van der Waals surface area (Å²) in [5, 5.41) is 3.31. The minimum absolute atomic E-state index is 0.169. The Labute approximate surface area is 108 Å². The Morgan fingerprint density at radius 3 is 2.72 bits per heavy atom. The summed E-state index contributed by atoms with van der Waals surface area (Å²) >= 11 is 0. The number of rotatable bonds is 7. The topological polar surface area (TPSA) is 15.3 Å². The normalized spacial score (nSPS) is 19.2. The Morgan fingerprint density at radius 2 is 2.06 bits per heavy atom. The lowest BCUT2D eigenvalue weighted by atomic mass is 10.3. The Bertz CT molecular complexity index is 399. The summed E-state index contributed by atoms with van der Waals surface area (Å²) in [6, 6.07) is 7.54. The minimum Gasteiger partial charge on any atom is -0.384 e. The van der Waals surface area contributed by atoms with Gasteiger partial charge in [0.2, 0.25) is 0 Å². The minimum atomic E-state index is -0.169. The molecule has 3 heteroatoms. The fourth-order valence-corrected chi connectivity index (χ4v) is 2.44. The molecule has 1 N–H and O–H groups in total. The number of hydrogen-bond donors (Lipinski definition) is 1. The number of halogens is 1. The van der Waals surface area contributed by atoms with Gasteiger partial charge in [-0.05, 0) is 49.8 Å².